The van der Waals surface area contributed by atoms with Crippen molar-refractivity contribution in [3.8, 4) is 0 Å². The largest absolute Gasteiger partial charge is 0.409 e. The molecule has 0 aromatic heterocycles. The highest BCUT2D eigenvalue weighted by Gasteiger charge is 2.06. The maximum Gasteiger partial charge on any atom is 0.170 e. The van der Waals surface area contributed by atoms with Gasteiger partial charge in [0.15, 0.2) is 5.84 Å². The Morgan fingerprint density at radius 2 is 2.21 bits per heavy atom. The number of oxime groups is 1. The molecule has 1 rings (SSSR count). The van der Waals surface area contributed by atoms with E-state index in [-0.39, 0.29) is 12.4 Å². The normalized spacial score (nSPS) is 11.8. The van der Waals surface area contributed by atoms with Gasteiger partial charge < -0.3 is 26.1 Å². The molecular formula is C12H18FN3O3. The van der Waals surface area contributed by atoms with Gasteiger partial charge in [0.05, 0.1) is 19.8 Å². The highest BCUT2D eigenvalue weighted by Crippen LogP contribution is 2.10. The summed E-state index contributed by atoms with van der Waals surface area (Å²) in [5.74, 6) is -0.552. The monoisotopic (exact) mass is 271 g/mol. The SMILES string of the molecule is NC(=NO)c1ccc(CNCCOCCO)c(F)c1. The molecule has 0 amide bonds. The first-order valence-electron chi connectivity index (χ1n) is 5.84. The number of hydrogen-bond donors (Lipinski definition) is 4. The molecule has 106 valence electrons. The number of aliphatic hydroxyl groups is 1. The average Bonchev–Trinajstić information content (AvgIpc) is 2.43. The molecule has 0 fully saturated rings. The van der Waals surface area contributed by atoms with Crippen molar-refractivity contribution < 1.29 is 19.4 Å². The van der Waals surface area contributed by atoms with Crippen LogP contribution in [0.25, 0.3) is 0 Å². The molecule has 0 saturated heterocycles. The van der Waals surface area contributed by atoms with Gasteiger partial charge in [-0.25, -0.2) is 4.39 Å². The van der Waals surface area contributed by atoms with Crippen LogP contribution < -0.4 is 11.1 Å². The molecule has 0 spiro atoms. The summed E-state index contributed by atoms with van der Waals surface area (Å²) in [6, 6.07) is 4.37. The highest BCUT2D eigenvalue weighted by atomic mass is 19.1. The van der Waals surface area contributed by atoms with Gasteiger partial charge in [-0.3, -0.25) is 0 Å². The van der Waals surface area contributed by atoms with Crippen LogP contribution in [0.5, 0.6) is 0 Å². The molecule has 0 unspecified atom stereocenters. The standard InChI is InChI=1S/C12H18FN3O3/c13-11-7-9(12(14)16-18)1-2-10(11)8-15-3-5-19-6-4-17/h1-2,7,15,17-18H,3-6,8H2,(H2,14,16). The van der Waals surface area contributed by atoms with E-state index in [1.54, 1.807) is 12.1 Å². The van der Waals surface area contributed by atoms with Crippen LogP contribution in [0.3, 0.4) is 0 Å². The zero-order valence-corrected chi connectivity index (χ0v) is 10.5. The summed E-state index contributed by atoms with van der Waals surface area (Å²) < 4.78 is 18.7. The van der Waals surface area contributed by atoms with Crippen LogP contribution in [-0.2, 0) is 11.3 Å². The summed E-state index contributed by atoms with van der Waals surface area (Å²) in [7, 11) is 0. The zero-order chi connectivity index (χ0) is 14.1. The van der Waals surface area contributed by atoms with E-state index in [1.807, 2.05) is 0 Å². The van der Waals surface area contributed by atoms with Crippen LogP contribution in [0.4, 0.5) is 4.39 Å². The van der Waals surface area contributed by atoms with Crippen molar-refractivity contribution in [1.82, 2.24) is 5.32 Å². The molecule has 7 heteroatoms. The molecule has 5 N–H and O–H groups in total. The van der Waals surface area contributed by atoms with Gasteiger partial charge in [-0.15, -0.1) is 0 Å². The molecule has 6 nitrogen and oxygen atoms in total. The molecule has 0 aliphatic rings. The van der Waals surface area contributed by atoms with E-state index in [9.17, 15) is 4.39 Å². The molecule has 0 aliphatic heterocycles. The zero-order valence-electron chi connectivity index (χ0n) is 10.5. The van der Waals surface area contributed by atoms with Gasteiger partial charge in [-0.05, 0) is 6.07 Å². The molecule has 1 aromatic carbocycles. The predicted molar refractivity (Wildman–Crippen MR) is 68.5 cm³/mol. The van der Waals surface area contributed by atoms with Crippen LogP contribution in [0, 0.1) is 5.82 Å². The summed E-state index contributed by atoms with van der Waals surface area (Å²) in [6.45, 7) is 1.64. The van der Waals surface area contributed by atoms with Crippen molar-refractivity contribution in [3.05, 3.63) is 35.1 Å². The van der Waals surface area contributed by atoms with Crippen molar-refractivity contribution in [2.75, 3.05) is 26.4 Å². The van der Waals surface area contributed by atoms with E-state index >= 15 is 0 Å². The number of halogens is 1. The van der Waals surface area contributed by atoms with Crippen LogP contribution in [0.2, 0.25) is 0 Å². The first kappa shape index (κ1) is 15.4. The number of ether oxygens (including phenoxy) is 1. The Morgan fingerprint density at radius 1 is 1.42 bits per heavy atom. The maximum absolute atomic E-state index is 13.7. The minimum Gasteiger partial charge on any atom is -0.409 e. The lowest BCUT2D eigenvalue weighted by Gasteiger charge is -2.07. The first-order valence-corrected chi connectivity index (χ1v) is 5.84. The third-order valence-electron chi connectivity index (χ3n) is 2.43. The number of nitrogens with two attached hydrogens (primary N) is 1. The second-order valence-electron chi connectivity index (χ2n) is 3.80. The summed E-state index contributed by atoms with van der Waals surface area (Å²) >= 11 is 0. The molecule has 19 heavy (non-hydrogen) atoms. The van der Waals surface area contributed by atoms with Crippen LogP contribution in [0.1, 0.15) is 11.1 Å². The van der Waals surface area contributed by atoms with Crippen LogP contribution in [-0.4, -0.2) is 42.5 Å². The van der Waals surface area contributed by atoms with Crippen molar-refractivity contribution in [3.63, 3.8) is 0 Å². The van der Waals surface area contributed by atoms with Crippen LogP contribution in [0.15, 0.2) is 23.4 Å². The summed E-state index contributed by atoms with van der Waals surface area (Å²) in [4.78, 5) is 0. The molecule has 0 bridgehead atoms. The lowest BCUT2D eigenvalue weighted by molar-refractivity contribution is 0.0937. The number of nitrogens with zero attached hydrogens (tertiary/aromatic N) is 1. The van der Waals surface area contributed by atoms with E-state index in [4.69, 9.17) is 20.8 Å². The molecule has 0 heterocycles. The predicted octanol–water partition coefficient (Wildman–Crippen LogP) is 0.0187. The Morgan fingerprint density at radius 3 is 2.84 bits per heavy atom. The highest BCUT2D eigenvalue weighted by molar-refractivity contribution is 5.97. The third-order valence-corrected chi connectivity index (χ3v) is 2.43. The topological polar surface area (TPSA) is 100 Å². The number of amidine groups is 1. The van der Waals surface area contributed by atoms with Gasteiger partial charge in [0.1, 0.15) is 5.82 Å². The molecule has 0 aliphatic carbocycles. The Bertz CT molecular complexity index is 427. The fourth-order valence-corrected chi connectivity index (χ4v) is 1.44. The Kier molecular flexibility index (Phi) is 6.80. The number of benzene rings is 1. The van der Waals surface area contributed by atoms with Gasteiger partial charge in [0, 0.05) is 24.2 Å². The summed E-state index contributed by atoms with van der Waals surface area (Å²) in [5.41, 5.74) is 6.17. The van der Waals surface area contributed by atoms with Gasteiger partial charge in [-0.1, -0.05) is 17.3 Å². The second-order valence-corrected chi connectivity index (χ2v) is 3.80. The minimum atomic E-state index is -0.423. The van der Waals surface area contributed by atoms with Gasteiger partial charge in [0.2, 0.25) is 0 Å². The van der Waals surface area contributed by atoms with Gasteiger partial charge in [0.25, 0.3) is 0 Å². The van der Waals surface area contributed by atoms with Crippen molar-refractivity contribution >= 4 is 5.84 Å². The summed E-state index contributed by atoms with van der Waals surface area (Å²) in [5, 5.41) is 22.8. The lowest BCUT2D eigenvalue weighted by Crippen LogP contribution is -2.21. The molecule has 0 saturated carbocycles. The molecule has 0 atom stereocenters. The third kappa shape index (κ3) is 5.21. The number of rotatable bonds is 8. The summed E-state index contributed by atoms with van der Waals surface area (Å²) in [6.07, 6.45) is 0. The number of aliphatic hydroxyl groups excluding tert-OH is 1. The quantitative estimate of drug-likeness (QED) is 0.176. The van der Waals surface area contributed by atoms with E-state index in [1.165, 1.54) is 6.07 Å². The lowest BCUT2D eigenvalue weighted by atomic mass is 10.1. The number of hydrogen-bond acceptors (Lipinski definition) is 5. The minimum absolute atomic E-state index is 0.01000. The van der Waals surface area contributed by atoms with Gasteiger partial charge >= 0.3 is 0 Å². The van der Waals surface area contributed by atoms with E-state index < -0.39 is 5.82 Å². The van der Waals surface area contributed by atoms with Gasteiger partial charge in [-0.2, -0.15) is 0 Å². The molecule has 0 radical (unpaired) electrons. The first-order chi connectivity index (χ1) is 9.19. The van der Waals surface area contributed by atoms with E-state index in [0.29, 0.717) is 37.4 Å². The Balaban J connectivity index is 2.43. The second kappa shape index (κ2) is 8.41. The number of nitrogens with one attached hydrogen (secondary N) is 1. The maximum atomic E-state index is 13.7. The Hall–Kier alpha value is -1.70. The molecule has 1 aromatic rings. The smallest absolute Gasteiger partial charge is 0.170 e. The van der Waals surface area contributed by atoms with Crippen LogP contribution >= 0.6 is 0 Å². The van der Waals surface area contributed by atoms with Crippen molar-refractivity contribution in [2.24, 2.45) is 10.9 Å². The fraction of sp³-hybridized carbons (Fsp3) is 0.417. The average molecular weight is 271 g/mol. The van der Waals surface area contributed by atoms with E-state index in [0.717, 1.165) is 0 Å². The fourth-order valence-electron chi connectivity index (χ4n) is 1.44. The van der Waals surface area contributed by atoms with E-state index in [2.05, 4.69) is 10.5 Å². The Labute approximate surface area is 110 Å². The van der Waals surface area contributed by atoms with Crippen molar-refractivity contribution in [2.45, 2.75) is 6.54 Å². The molecular weight excluding hydrogens is 253 g/mol. The van der Waals surface area contributed by atoms with Crippen molar-refractivity contribution in [1.29, 1.82) is 0 Å².